The van der Waals surface area contributed by atoms with Crippen LogP contribution in [0, 0.1) is 0 Å². The van der Waals surface area contributed by atoms with Gasteiger partial charge in [-0.05, 0) is 37.2 Å². The molecule has 1 aromatic rings. The largest absolute Gasteiger partial charge is 0.416 e. The predicted molar refractivity (Wildman–Crippen MR) is 71.5 cm³/mol. The van der Waals surface area contributed by atoms with Crippen molar-refractivity contribution >= 4 is 12.4 Å². The predicted octanol–water partition coefficient (Wildman–Crippen LogP) is 2.92. The van der Waals surface area contributed by atoms with Gasteiger partial charge in [0.15, 0.2) is 0 Å². The molecule has 1 heterocycles. The van der Waals surface area contributed by atoms with Gasteiger partial charge in [0.05, 0.1) is 5.56 Å². The van der Waals surface area contributed by atoms with E-state index in [-0.39, 0.29) is 12.4 Å². The molecule has 1 N–H and O–H groups in total. The van der Waals surface area contributed by atoms with Crippen molar-refractivity contribution in [1.82, 2.24) is 10.2 Å². The highest BCUT2D eigenvalue weighted by Crippen LogP contribution is 2.29. The molecule has 0 atom stereocenters. The highest BCUT2D eigenvalue weighted by Gasteiger charge is 2.29. The molecule has 19 heavy (non-hydrogen) atoms. The van der Waals surface area contributed by atoms with E-state index >= 15 is 0 Å². The molecule has 0 aliphatic carbocycles. The van der Waals surface area contributed by atoms with Crippen molar-refractivity contribution in [3.05, 3.63) is 35.4 Å². The first-order valence-electron chi connectivity index (χ1n) is 6.15. The normalized spacial score (nSPS) is 17.6. The Morgan fingerprint density at radius 3 is 2.37 bits per heavy atom. The van der Waals surface area contributed by atoms with Gasteiger partial charge in [-0.3, -0.25) is 4.90 Å². The molecule has 6 heteroatoms. The summed E-state index contributed by atoms with van der Waals surface area (Å²) in [6.07, 6.45) is -3.16. The molecule has 0 bridgehead atoms. The van der Waals surface area contributed by atoms with Crippen LogP contribution in [0.15, 0.2) is 24.3 Å². The molecule has 1 aliphatic rings. The minimum absolute atomic E-state index is 0. The maximum absolute atomic E-state index is 12.4. The average Bonchev–Trinajstić information content (AvgIpc) is 2.57. The van der Waals surface area contributed by atoms with Crippen LogP contribution in [0.4, 0.5) is 13.2 Å². The topological polar surface area (TPSA) is 15.3 Å². The standard InChI is InChI=1S/C13H17F3N2.ClH/c14-13(15,16)12-4-2-11(3-5-12)10-18-8-1-6-17-7-9-18;/h2-5,17H,1,6-10H2;1H. The van der Waals surface area contributed by atoms with Gasteiger partial charge < -0.3 is 5.32 Å². The zero-order valence-electron chi connectivity index (χ0n) is 10.5. The van der Waals surface area contributed by atoms with Gasteiger partial charge in [0.2, 0.25) is 0 Å². The van der Waals surface area contributed by atoms with Crippen molar-refractivity contribution in [2.45, 2.75) is 19.1 Å². The number of rotatable bonds is 2. The third-order valence-electron chi connectivity index (χ3n) is 3.12. The lowest BCUT2D eigenvalue weighted by Crippen LogP contribution is -2.27. The van der Waals surface area contributed by atoms with Crippen LogP contribution < -0.4 is 5.32 Å². The molecule has 0 radical (unpaired) electrons. The van der Waals surface area contributed by atoms with Crippen LogP contribution in [0.5, 0.6) is 0 Å². The SMILES string of the molecule is Cl.FC(F)(F)c1ccc(CN2CCCNCC2)cc1. The van der Waals surface area contributed by atoms with Gasteiger partial charge in [0, 0.05) is 19.6 Å². The van der Waals surface area contributed by atoms with E-state index in [1.165, 1.54) is 0 Å². The molecule has 0 amide bonds. The monoisotopic (exact) mass is 294 g/mol. The van der Waals surface area contributed by atoms with Gasteiger partial charge in [0.25, 0.3) is 0 Å². The van der Waals surface area contributed by atoms with Gasteiger partial charge in [-0.25, -0.2) is 0 Å². The Bertz CT molecular complexity index is 370. The number of hydrogen-bond acceptors (Lipinski definition) is 2. The summed E-state index contributed by atoms with van der Waals surface area (Å²) >= 11 is 0. The molecule has 0 aromatic heterocycles. The molecule has 0 saturated carbocycles. The number of alkyl halides is 3. The van der Waals surface area contributed by atoms with Crippen LogP contribution in [0.2, 0.25) is 0 Å². The van der Waals surface area contributed by atoms with Gasteiger partial charge >= 0.3 is 6.18 Å². The lowest BCUT2D eigenvalue weighted by atomic mass is 10.1. The summed E-state index contributed by atoms with van der Waals surface area (Å²) in [6, 6.07) is 5.46. The Kier molecular flexibility index (Phi) is 6.10. The molecule has 1 saturated heterocycles. The quantitative estimate of drug-likeness (QED) is 0.902. The fourth-order valence-corrected chi connectivity index (χ4v) is 2.12. The van der Waals surface area contributed by atoms with Crippen LogP contribution >= 0.6 is 12.4 Å². The maximum atomic E-state index is 12.4. The van der Waals surface area contributed by atoms with E-state index in [2.05, 4.69) is 10.2 Å². The number of halogens is 4. The minimum Gasteiger partial charge on any atom is -0.315 e. The Morgan fingerprint density at radius 2 is 1.74 bits per heavy atom. The summed E-state index contributed by atoms with van der Waals surface area (Å²) in [5.41, 5.74) is 0.355. The molecule has 2 nitrogen and oxygen atoms in total. The third-order valence-corrected chi connectivity index (χ3v) is 3.12. The molecule has 0 unspecified atom stereocenters. The summed E-state index contributed by atoms with van der Waals surface area (Å²) in [4.78, 5) is 2.27. The zero-order valence-corrected chi connectivity index (χ0v) is 11.4. The van der Waals surface area contributed by atoms with Crippen molar-refractivity contribution in [2.75, 3.05) is 26.2 Å². The Morgan fingerprint density at radius 1 is 1.05 bits per heavy atom. The number of benzene rings is 1. The second-order valence-corrected chi connectivity index (χ2v) is 4.57. The first kappa shape index (κ1) is 16.3. The number of hydrogen-bond donors (Lipinski definition) is 1. The third kappa shape index (κ3) is 5.01. The Balaban J connectivity index is 0.00000180. The fraction of sp³-hybridized carbons (Fsp3) is 0.538. The van der Waals surface area contributed by atoms with Gasteiger partial charge in [-0.1, -0.05) is 12.1 Å². The van der Waals surface area contributed by atoms with E-state index in [9.17, 15) is 13.2 Å². The van der Waals surface area contributed by atoms with Crippen molar-refractivity contribution in [3.8, 4) is 0 Å². The van der Waals surface area contributed by atoms with Crippen LogP contribution in [0.3, 0.4) is 0 Å². The maximum Gasteiger partial charge on any atom is 0.416 e. The van der Waals surface area contributed by atoms with Gasteiger partial charge in [-0.15, -0.1) is 12.4 Å². The van der Waals surface area contributed by atoms with E-state index in [1.807, 2.05) is 0 Å². The average molecular weight is 295 g/mol. The van der Waals surface area contributed by atoms with Crippen molar-refractivity contribution < 1.29 is 13.2 Å². The van der Waals surface area contributed by atoms with E-state index in [0.29, 0.717) is 0 Å². The summed E-state index contributed by atoms with van der Waals surface area (Å²) in [5, 5.41) is 3.30. The second-order valence-electron chi connectivity index (χ2n) is 4.57. The van der Waals surface area contributed by atoms with E-state index in [1.54, 1.807) is 12.1 Å². The van der Waals surface area contributed by atoms with Crippen molar-refractivity contribution in [3.63, 3.8) is 0 Å². The van der Waals surface area contributed by atoms with E-state index < -0.39 is 11.7 Å². The zero-order chi connectivity index (χ0) is 13.0. The molecule has 2 rings (SSSR count). The first-order chi connectivity index (χ1) is 8.55. The second kappa shape index (κ2) is 7.12. The summed E-state index contributed by atoms with van der Waals surface area (Å²) < 4.78 is 37.2. The van der Waals surface area contributed by atoms with Crippen LogP contribution in [-0.2, 0) is 12.7 Å². The fourth-order valence-electron chi connectivity index (χ4n) is 2.12. The molecular weight excluding hydrogens is 277 g/mol. The molecule has 0 spiro atoms. The van der Waals surface area contributed by atoms with E-state index in [0.717, 1.165) is 56.8 Å². The molecule has 1 aliphatic heterocycles. The molecular formula is C13H18ClF3N2. The van der Waals surface area contributed by atoms with Crippen LogP contribution in [-0.4, -0.2) is 31.1 Å². The Labute approximate surface area is 117 Å². The first-order valence-corrected chi connectivity index (χ1v) is 6.15. The van der Waals surface area contributed by atoms with Crippen LogP contribution in [0.1, 0.15) is 17.5 Å². The van der Waals surface area contributed by atoms with Gasteiger partial charge in [-0.2, -0.15) is 13.2 Å². The summed E-state index contributed by atoms with van der Waals surface area (Å²) in [6.45, 7) is 4.62. The lowest BCUT2D eigenvalue weighted by Gasteiger charge is -2.19. The van der Waals surface area contributed by atoms with Crippen LogP contribution in [0.25, 0.3) is 0 Å². The lowest BCUT2D eigenvalue weighted by molar-refractivity contribution is -0.137. The Hall–Kier alpha value is -0.780. The number of nitrogens with zero attached hydrogens (tertiary/aromatic N) is 1. The van der Waals surface area contributed by atoms with Crippen molar-refractivity contribution in [2.24, 2.45) is 0 Å². The summed E-state index contributed by atoms with van der Waals surface area (Å²) in [7, 11) is 0. The van der Waals surface area contributed by atoms with Gasteiger partial charge in [0.1, 0.15) is 0 Å². The smallest absolute Gasteiger partial charge is 0.315 e. The molecule has 108 valence electrons. The number of nitrogens with one attached hydrogen (secondary N) is 1. The highest BCUT2D eigenvalue weighted by molar-refractivity contribution is 5.85. The van der Waals surface area contributed by atoms with E-state index in [4.69, 9.17) is 0 Å². The highest BCUT2D eigenvalue weighted by atomic mass is 35.5. The minimum atomic E-state index is -4.24. The summed E-state index contributed by atoms with van der Waals surface area (Å²) in [5.74, 6) is 0. The molecule has 1 aromatic carbocycles. The van der Waals surface area contributed by atoms with Crippen molar-refractivity contribution in [1.29, 1.82) is 0 Å². The molecule has 1 fully saturated rings.